The molecule has 1 aliphatic rings. The predicted molar refractivity (Wildman–Crippen MR) is 85.6 cm³/mol. The van der Waals surface area contributed by atoms with Crippen molar-refractivity contribution in [3.05, 3.63) is 20.8 Å². The quantitative estimate of drug-likeness (QED) is 0.859. The zero-order chi connectivity index (χ0) is 15.6. The standard InChI is InChI=1S/C15H26N4O2/c1-4-8-19-13(16)12(14(20)18(3)15(19)21)17-9-11-7-5-6-10(11)2/h10-11,17H,4-9,16H2,1-3H3. The summed E-state index contributed by atoms with van der Waals surface area (Å²) in [5.41, 5.74) is 5.73. The molecule has 1 fully saturated rings. The fourth-order valence-electron chi connectivity index (χ4n) is 3.15. The van der Waals surface area contributed by atoms with Crippen molar-refractivity contribution in [2.75, 3.05) is 17.6 Å². The highest BCUT2D eigenvalue weighted by atomic mass is 16.2. The highest BCUT2D eigenvalue weighted by Crippen LogP contribution is 2.31. The number of aromatic nitrogens is 2. The SMILES string of the molecule is CCCn1c(N)c(NCC2CCCC2C)c(=O)n(C)c1=O. The molecule has 0 spiro atoms. The van der Waals surface area contributed by atoms with Crippen LogP contribution in [0.2, 0.25) is 0 Å². The van der Waals surface area contributed by atoms with Gasteiger partial charge in [-0.05, 0) is 24.7 Å². The third kappa shape index (κ3) is 2.99. The number of nitrogens with zero attached hydrogens (tertiary/aromatic N) is 2. The van der Waals surface area contributed by atoms with Gasteiger partial charge in [0.1, 0.15) is 11.5 Å². The number of nitrogen functional groups attached to an aromatic ring is 1. The third-order valence-electron chi connectivity index (χ3n) is 4.61. The highest BCUT2D eigenvalue weighted by Gasteiger charge is 2.24. The Labute approximate surface area is 125 Å². The largest absolute Gasteiger partial charge is 0.383 e. The molecule has 0 aliphatic heterocycles. The van der Waals surface area contributed by atoms with Crippen LogP contribution in [-0.4, -0.2) is 15.7 Å². The van der Waals surface area contributed by atoms with Gasteiger partial charge in [-0.15, -0.1) is 0 Å². The van der Waals surface area contributed by atoms with Gasteiger partial charge in [-0.3, -0.25) is 13.9 Å². The van der Waals surface area contributed by atoms with E-state index in [1.807, 2.05) is 6.92 Å². The van der Waals surface area contributed by atoms with Crippen LogP contribution in [0.4, 0.5) is 11.5 Å². The van der Waals surface area contributed by atoms with E-state index >= 15 is 0 Å². The summed E-state index contributed by atoms with van der Waals surface area (Å²) < 4.78 is 2.61. The minimum atomic E-state index is -0.348. The molecule has 6 heteroatoms. The summed E-state index contributed by atoms with van der Waals surface area (Å²) >= 11 is 0. The number of hydrogen-bond acceptors (Lipinski definition) is 4. The first-order valence-electron chi connectivity index (χ1n) is 7.80. The predicted octanol–water partition coefficient (Wildman–Crippen LogP) is 1.39. The van der Waals surface area contributed by atoms with E-state index < -0.39 is 0 Å². The maximum Gasteiger partial charge on any atom is 0.332 e. The Morgan fingerprint density at radius 2 is 2.05 bits per heavy atom. The summed E-state index contributed by atoms with van der Waals surface area (Å²) in [6.07, 6.45) is 4.47. The fraction of sp³-hybridized carbons (Fsp3) is 0.733. The van der Waals surface area contributed by atoms with Crippen LogP contribution in [0.1, 0.15) is 39.5 Å². The van der Waals surface area contributed by atoms with E-state index in [0.29, 0.717) is 24.1 Å². The maximum absolute atomic E-state index is 12.3. The van der Waals surface area contributed by atoms with Crippen LogP contribution in [0.3, 0.4) is 0 Å². The van der Waals surface area contributed by atoms with Gasteiger partial charge in [-0.1, -0.05) is 26.7 Å². The molecule has 1 aromatic rings. The Balaban J connectivity index is 2.30. The van der Waals surface area contributed by atoms with Crippen molar-refractivity contribution in [2.45, 2.75) is 46.1 Å². The normalized spacial score (nSPS) is 21.7. The molecule has 0 amide bonds. The molecule has 2 unspecified atom stereocenters. The molecule has 2 rings (SSSR count). The molecular formula is C15H26N4O2. The second-order valence-corrected chi connectivity index (χ2v) is 6.11. The zero-order valence-electron chi connectivity index (χ0n) is 13.2. The van der Waals surface area contributed by atoms with Gasteiger partial charge in [0, 0.05) is 20.1 Å². The van der Waals surface area contributed by atoms with Crippen molar-refractivity contribution in [1.29, 1.82) is 0 Å². The Bertz CT molecular complexity index is 617. The lowest BCUT2D eigenvalue weighted by molar-refractivity contribution is 0.439. The van der Waals surface area contributed by atoms with Crippen molar-refractivity contribution < 1.29 is 0 Å². The van der Waals surface area contributed by atoms with Crippen LogP contribution in [0.25, 0.3) is 0 Å². The molecule has 0 radical (unpaired) electrons. The van der Waals surface area contributed by atoms with Crippen molar-refractivity contribution in [3.8, 4) is 0 Å². The first-order chi connectivity index (χ1) is 9.97. The van der Waals surface area contributed by atoms with Gasteiger partial charge in [-0.25, -0.2) is 4.79 Å². The first-order valence-corrected chi connectivity index (χ1v) is 7.80. The van der Waals surface area contributed by atoms with Crippen LogP contribution in [0, 0.1) is 11.8 Å². The molecule has 2 atom stereocenters. The van der Waals surface area contributed by atoms with Gasteiger partial charge in [-0.2, -0.15) is 0 Å². The Morgan fingerprint density at radius 3 is 2.62 bits per heavy atom. The van der Waals surface area contributed by atoms with Gasteiger partial charge in [0.2, 0.25) is 0 Å². The molecule has 0 saturated heterocycles. The lowest BCUT2D eigenvalue weighted by Gasteiger charge is -2.19. The molecular weight excluding hydrogens is 268 g/mol. The van der Waals surface area contributed by atoms with Crippen molar-refractivity contribution in [2.24, 2.45) is 18.9 Å². The van der Waals surface area contributed by atoms with Crippen molar-refractivity contribution in [1.82, 2.24) is 9.13 Å². The van der Waals surface area contributed by atoms with Gasteiger partial charge < -0.3 is 11.1 Å². The molecule has 3 N–H and O–H groups in total. The molecule has 1 aromatic heterocycles. The summed E-state index contributed by atoms with van der Waals surface area (Å²) in [5, 5.41) is 3.20. The Hall–Kier alpha value is -1.72. The van der Waals surface area contributed by atoms with Crippen molar-refractivity contribution >= 4 is 11.5 Å². The molecule has 118 valence electrons. The summed E-state index contributed by atoms with van der Waals surface area (Å²) in [5.74, 6) is 1.50. The number of nitrogens with two attached hydrogens (primary N) is 1. The second kappa shape index (κ2) is 6.37. The van der Waals surface area contributed by atoms with E-state index in [-0.39, 0.29) is 17.1 Å². The van der Waals surface area contributed by atoms with Crippen LogP contribution in [-0.2, 0) is 13.6 Å². The second-order valence-electron chi connectivity index (χ2n) is 6.11. The molecule has 0 aromatic carbocycles. The average molecular weight is 294 g/mol. The molecule has 1 saturated carbocycles. The molecule has 21 heavy (non-hydrogen) atoms. The third-order valence-corrected chi connectivity index (χ3v) is 4.61. The summed E-state index contributed by atoms with van der Waals surface area (Å²) in [6.45, 7) is 5.49. The first kappa shape index (κ1) is 15.7. The van der Waals surface area contributed by atoms with Gasteiger partial charge in [0.15, 0.2) is 0 Å². The molecule has 0 bridgehead atoms. The number of nitrogens with one attached hydrogen (secondary N) is 1. The average Bonchev–Trinajstić information content (AvgIpc) is 2.87. The van der Waals surface area contributed by atoms with Crippen LogP contribution >= 0.6 is 0 Å². The minimum Gasteiger partial charge on any atom is -0.383 e. The van der Waals surface area contributed by atoms with E-state index in [1.54, 1.807) is 0 Å². The number of rotatable bonds is 5. The molecule has 1 aliphatic carbocycles. The lowest BCUT2D eigenvalue weighted by atomic mass is 9.98. The van der Waals surface area contributed by atoms with Gasteiger partial charge in [0.25, 0.3) is 5.56 Å². The van der Waals surface area contributed by atoms with Crippen LogP contribution in [0.5, 0.6) is 0 Å². The maximum atomic E-state index is 12.3. The molecule has 6 nitrogen and oxygen atoms in total. The summed E-state index contributed by atoms with van der Waals surface area (Å²) in [6, 6.07) is 0. The van der Waals surface area contributed by atoms with Crippen LogP contribution in [0.15, 0.2) is 9.59 Å². The molecule has 1 heterocycles. The Kier molecular flexibility index (Phi) is 4.75. The lowest BCUT2D eigenvalue weighted by Crippen LogP contribution is -2.41. The van der Waals surface area contributed by atoms with Crippen molar-refractivity contribution in [3.63, 3.8) is 0 Å². The van der Waals surface area contributed by atoms with E-state index in [0.717, 1.165) is 17.5 Å². The summed E-state index contributed by atoms with van der Waals surface area (Å²) in [7, 11) is 1.50. The smallest absolute Gasteiger partial charge is 0.332 e. The summed E-state index contributed by atoms with van der Waals surface area (Å²) in [4.78, 5) is 24.3. The topological polar surface area (TPSA) is 82.0 Å². The van der Waals surface area contributed by atoms with Crippen LogP contribution < -0.4 is 22.3 Å². The van der Waals surface area contributed by atoms with E-state index in [4.69, 9.17) is 5.73 Å². The fourth-order valence-corrected chi connectivity index (χ4v) is 3.15. The minimum absolute atomic E-state index is 0.260. The van der Waals surface area contributed by atoms with Gasteiger partial charge >= 0.3 is 5.69 Å². The monoisotopic (exact) mass is 294 g/mol. The van der Waals surface area contributed by atoms with Gasteiger partial charge in [0.05, 0.1) is 0 Å². The number of anilines is 2. The van der Waals surface area contributed by atoms with E-state index in [9.17, 15) is 9.59 Å². The number of hydrogen-bond donors (Lipinski definition) is 2. The Morgan fingerprint density at radius 1 is 1.33 bits per heavy atom. The van der Waals surface area contributed by atoms with E-state index in [1.165, 1.54) is 30.9 Å². The highest BCUT2D eigenvalue weighted by molar-refractivity contribution is 5.60. The van der Waals surface area contributed by atoms with E-state index in [2.05, 4.69) is 12.2 Å². The zero-order valence-corrected chi connectivity index (χ0v) is 13.2.